The zero-order valence-corrected chi connectivity index (χ0v) is 17.3. The number of hydrogen-bond donors (Lipinski definition) is 1. The van der Waals surface area contributed by atoms with Gasteiger partial charge in [-0.2, -0.15) is 5.10 Å². The molecule has 2 aromatic carbocycles. The van der Waals surface area contributed by atoms with Crippen LogP contribution >= 0.6 is 0 Å². The van der Waals surface area contributed by atoms with Gasteiger partial charge in [-0.3, -0.25) is 14.6 Å². The van der Waals surface area contributed by atoms with E-state index in [0.717, 1.165) is 29.9 Å². The Morgan fingerprint density at radius 3 is 2.17 bits per heavy atom. The van der Waals surface area contributed by atoms with Crippen LogP contribution in [0.25, 0.3) is 0 Å². The van der Waals surface area contributed by atoms with Crippen LogP contribution in [0.2, 0.25) is 0 Å². The predicted octanol–water partition coefficient (Wildman–Crippen LogP) is 3.68. The smallest absolute Gasteiger partial charge is 0.253 e. The Morgan fingerprint density at radius 1 is 1.00 bits per heavy atom. The maximum Gasteiger partial charge on any atom is 0.253 e. The Balaban J connectivity index is 1.56. The fourth-order valence-electron chi connectivity index (χ4n) is 3.29. The summed E-state index contributed by atoms with van der Waals surface area (Å²) in [4.78, 5) is 26.6. The third kappa shape index (κ3) is 5.02. The maximum absolute atomic E-state index is 12.4. The molecule has 0 atom stereocenters. The molecule has 0 aliphatic carbocycles. The minimum Gasteiger partial charge on any atom is -0.348 e. The monoisotopic (exact) mass is 392 g/mol. The lowest BCUT2D eigenvalue weighted by Crippen LogP contribution is -2.30. The van der Waals surface area contributed by atoms with Crippen molar-refractivity contribution < 1.29 is 9.59 Å². The van der Waals surface area contributed by atoms with Gasteiger partial charge < -0.3 is 10.2 Å². The van der Waals surface area contributed by atoms with Crippen molar-refractivity contribution in [3.05, 3.63) is 65.2 Å². The summed E-state index contributed by atoms with van der Waals surface area (Å²) in [5.74, 6) is -0.0934. The second-order valence-corrected chi connectivity index (χ2v) is 7.11. The zero-order valence-electron chi connectivity index (χ0n) is 17.3. The van der Waals surface area contributed by atoms with Crippen molar-refractivity contribution in [2.75, 3.05) is 24.6 Å². The Hall–Kier alpha value is -3.15. The molecule has 6 nitrogen and oxygen atoms in total. The van der Waals surface area contributed by atoms with Gasteiger partial charge in [-0.1, -0.05) is 12.1 Å². The molecule has 152 valence electrons. The maximum atomic E-state index is 12.4. The van der Waals surface area contributed by atoms with Gasteiger partial charge in [-0.15, -0.1) is 0 Å². The summed E-state index contributed by atoms with van der Waals surface area (Å²) in [5, 5.41) is 9.36. The van der Waals surface area contributed by atoms with Gasteiger partial charge in [0.15, 0.2) is 0 Å². The molecule has 0 aromatic heterocycles. The zero-order chi connectivity index (χ0) is 20.8. The van der Waals surface area contributed by atoms with Gasteiger partial charge in [0.25, 0.3) is 11.8 Å². The lowest BCUT2D eigenvalue weighted by Gasteiger charge is -2.18. The van der Waals surface area contributed by atoms with E-state index < -0.39 is 0 Å². The molecule has 0 radical (unpaired) electrons. The molecular formula is C23H28N4O2. The Morgan fingerprint density at radius 2 is 1.62 bits per heavy atom. The molecule has 29 heavy (non-hydrogen) atoms. The Kier molecular flexibility index (Phi) is 6.65. The summed E-state index contributed by atoms with van der Waals surface area (Å²) >= 11 is 0. The van der Waals surface area contributed by atoms with Crippen LogP contribution in [-0.4, -0.2) is 42.1 Å². The minimum absolute atomic E-state index is 0.0307. The summed E-state index contributed by atoms with van der Waals surface area (Å²) in [6, 6.07) is 14.9. The molecule has 2 aromatic rings. The van der Waals surface area contributed by atoms with Crippen LogP contribution in [0.3, 0.4) is 0 Å². The average Bonchev–Trinajstić information content (AvgIpc) is 3.19. The van der Waals surface area contributed by atoms with Crippen molar-refractivity contribution in [2.45, 2.75) is 33.7 Å². The number of hydrazone groups is 1. The first kappa shape index (κ1) is 20.6. The predicted molar refractivity (Wildman–Crippen MR) is 116 cm³/mol. The van der Waals surface area contributed by atoms with Crippen LogP contribution in [0.4, 0.5) is 5.69 Å². The lowest BCUT2D eigenvalue weighted by molar-refractivity contribution is 0.0772. The fraction of sp³-hybridized carbons (Fsp3) is 0.348. The number of nitrogens with one attached hydrogen (secondary N) is 1. The number of rotatable bonds is 7. The average molecular weight is 393 g/mol. The van der Waals surface area contributed by atoms with Gasteiger partial charge in [0.1, 0.15) is 0 Å². The van der Waals surface area contributed by atoms with Crippen molar-refractivity contribution in [1.82, 2.24) is 10.2 Å². The summed E-state index contributed by atoms with van der Waals surface area (Å²) in [6.45, 7) is 8.63. The van der Waals surface area contributed by atoms with Crippen molar-refractivity contribution in [2.24, 2.45) is 5.10 Å². The summed E-state index contributed by atoms with van der Waals surface area (Å²) in [7, 11) is 0. The molecule has 1 N–H and O–H groups in total. The minimum atomic E-state index is -0.124. The van der Waals surface area contributed by atoms with Crippen LogP contribution in [0, 0.1) is 0 Å². The van der Waals surface area contributed by atoms with Crippen LogP contribution in [0.15, 0.2) is 53.6 Å². The van der Waals surface area contributed by atoms with Gasteiger partial charge in [0.05, 0.1) is 5.69 Å². The number of nitrogens with zero attached hydrogens (tertiary/aromatic N) is 3. The summed E-state index contributed by atoms with van der Waals surface area (Å²) in [5.41, 5.74) is 4.34. The van der Waals surface area contributed by atoms with Gasteiger partial charge in [-0.25, -0.2) is 0 Å². The van der Waals surface area contributed by atoms with Crippen LogP contribution in [0.5, 0.6) is 0 Å². The third-order valence-corrected chi connectivity index (χ3v) is 5.11. The first-order valence-electron chi connectivity index (χ1n) is 10.1. The molecule has 0 unspecified atom stereocenters. The third-order valence-electron chi connectivity index (χ3n) is 5.11. The molecule has 0 saturated heterocycles. The second-order valence-electron chi connectivity index (χ2n) is 7.11. The highest BCUT2D eigenvalue weighted by Crippen LogP contribution is 2.20. The Labute approximate surface area is 172 Å². The number of carbonyl (C=O) groups is 2. The molecule has 0 saturated carbocycles. The summed E-state index contributed by atoms with van der Waals surface area (Å²) < 4.78 is 0. The second kappa shape index (κ2) is 9.37. The van der Waals surface area contributed by atoms with Crippen LogP contribution < -0.4 is 10.3 Å². The van der Waals surface area contributed by atoms with E-state index in [1.807, 2.05) is 74.3 Å². The first-order chi connectivity index (χ1) is 14.0. The van der Waals surface area contributed by atoms with E-state index in [0.29, 0.717) is 30.8 Å². The standard InChI is InChI=1S/C23H28N4O2/c1-4-26(5-2)23(29)20-8-6-18(7-9-20)16-24-22(28)19-10-12-21(13-11-19)27-15-14-17(3)25-27/h6-13H,4-5,14-16H2,1-3H3,(H,24,28). The molecule has 1 heterocycles. The number of anilines is 1. The molecule has 0 bridgehead atoms. The molecular weight excluding hydrogens is 364 g/mol. The normalized spacial score (nSPS) is 13.2. The van der Waals surface area contributed by atoms with Crippen LogP contribution in [0.1, 0.15) is 53.5 Å². The SMILES string of the molecule is CCN(CC)C(=O)c1ccc(CNC(=O)c2ccc(N3CCC(C)=N3)cc2)cc1. The van der Waals surface area contributed by atoms with E-state index in [2.05, 4.69) is 10.4 Å². The van der Waals surface area contributed by atoms with Crippen molar-refractivity contribution in [3.63, 3.8) is 0 Å². The molecule has 2 amide bonds. The lowest BCUT2D eigenvalue weighted by atomic mass is 10.1. The van der Waals surface area contributed by atoms with Gasteiger partial charge in [-0.05, 0) is 62.7 Å². The molecule has 0 spiro atoms. The van der Waals surface area contributed by atoms with Crippen molar-refractivity contribution in [3.8, 4) is 0 Å². The number of benzene rings is 2. The fourth-order valence-corrected chi connectivity index (χ4v) is 3.29. The van der Waals surface area contributed by atoms with Gasteiger partial charge >= 0.3 is 0 Å². The van der Waals surface area contributed by atoms with E-state index in [4.69, 9.17) is 0 Å². The van der Waals surface area contributed by atoms with Crippen molar-refractivity contribution in [1.29, 1.82) is 0 Å². The topological polar surface area (TPSA) is 65.0 Å². The molecule has 6 heteroatoms. The van der Waals surface area contributed by atoms with Gasteiger partial charge in [0.2, 0.25) is 0 Å². The van der Waals surface area contributed by atoms with E-state index in [-0.39, 0.29) is 11.8 Å². The molecule has 1 aliphatic rings. The first-order valence-corrected chi connectivity index (χ1v) is 10.1. The summed E-state index contributed by atoms with van der Waals surface area (Å²) in [6.07, 6.45) is 0.974. The number of carbonyl (C=O) groups excluding carboxylic acids is 2. The molecule has 0 fully saturated rings. The quantitative estimate of drug-likeness (QED) is 0.782. The molecule has 1 aliphatic heterocycles. The van der Waals surface area contributed by atoms with Gasteiger partial charge in [0, 0.05) is 49.4 Å². The highest BCUT2D eigenvalue weighted by atomic mass is 16.2. The Bertz CT molecular complexity index is 884. The van der Waals surface area contributed by atoms with Crippen molar-refractivity contribution >= 4 is 23.2 Å². The number of amides is 2. The van der Waals surface area contributed by atoms with E-state index in [1.54, 1.807) is 4.90 Å². The van der Waals surface area contributed by atoms with E-state index in [1.165, 1.54) is 0 Å². The highest BCUT2D eigenvalue weighted by molar-refractivity contribution is 5.95. The van der Waals surface area contributed by atoms with Crippen LogP contribution in [-0.2, 0) is 6.54 Å². The highest BCUT2D eigenvalue weighted by Gasteiger charge is 2.14. The van der Waals surface area contributed by atoms with E-state index >= 15 is 0 Å². The number of hydrogen-bond acceptors (Lipinski definition) is 4. The van der Waals surface area contributed by atoms with E-state index in [9.17, 15) is 9.59 Å². The molecule has 3 rings (SSSR count). The largest absolute Gasteiger partial charge is 0.348 e.